The molecule has 0 amide bonds. The molecule has 1 rings (SSSR count). The zero-order valence-corrected chi connectivity index (χ0v) is 10.5. The predicted octanol–water partition coefficient (Wildman–Crippen LogP) is 3.23. The molecule has 0 N–H and O–H groups in total. The predicted molar refractivity (Wildman–Crippen MR) is 62.3 cm³/mol. The Morgan fingerprint density at radius 1 is 1.43 bits per heavy atom. The first-order chi connectivity index (χ1) is 6.69. The quantitative estimate of drug-likeness (QED) is 0.485. The van der Waals surface area contributed by atoms with Gasteiger partial charge in [-0.1, -0.05) is 37.9 Å². The molecule has 0 bridgehead atoms. The number of alkyl halides is 1. The third-order valence-electron chi connectivity index (χ3n) is 1.75. The fourth-order valence-corrected chi connectivity index (χ4v) is 2.03. The molecule has 0 aliphatic rings. The lowest BCUT2D eigenvalue weighted by Gasteiger charge is -2.02. The minimum atomic E-state index is 0.0613. The molecular weight excluding hydrogens is 312 g/mol. The van der Waals surface area contributed by atoms with Crippen molar-refractivity contribution in [2.45, 2.75) is 6.42 Å². The van der Waals surface area contributed by atoms with E-state index in [1.165, 1.54) is 0 Å². The van der Waals surface area contributed by atoms with Crippen molar-refractivity contribution >= 4 is 43.9 Å². The number of benzene rings is 1. The number of hydrogen-bond acceptors (Lipinski definition) is 2. The summed E-state index contributed by atoms with van der Waals surface area (Å²) in [6.07, 6.45) is 1.21. The van der Waals surface area contributed by atoms with Crippen molar-refractivity contribution in [3.8, 4) is 0 Å². The van der Waals surface area contributed by atoms with Gasteiger partial charge in [0.2, 0.25) is 0 Å². The van der Waals surface area contributed by atoms with Gasteiger partial charge in [0.1, 0.15) is 6.29 Å². The van der Waals surface area contributed by atoms with Gasteiger partial charge in [0.25, 0.3) is 0 Å². The summed E-state index contributed by atoms with van der Waals surface area (Å²) < 4.78 is 0.674. The van der Waals surface area contributed by atoms with Gasteiger partial charge in [-0.3, -0.25) is 9.59 Å². The topological polar surface area (TPSA) is 34.1 Å². The Labute approximate surface area is 98.9 Å². The molecule has 0 radical (unpaired) electrons. The summed E-state index contributed by atoms with van der Waals surface area (Å²) in [4.78, 5) is 22.0. The minimum Gasteiger partial charge on any atom is -0.298 e. The molecule has 4 heteroatoms. The van der Waals surface area contributed by atoms with Gasteiger partial charge in [-0.15, -0.1) is 0 Å². The van der Waals surface area contributed by atoms with Crippen molar-refractivity contribution in [2.75, 3.05) is 5.33 Å². The van der Waals surface area contributed by atoms with Crippen LogP contribution >= 0.6 is 31.9 Å². The van der Waals surface area contributed by atoms with Gasteiger partial charge in [0.15, 0.2) is 5.78 Å². The van der Waals surface area contributed by atoms with Crippen molar-refractivity contribution in [2.24, 2.45) is 0 Å². The summed E-state index contributed by atoms with van der Waals surface area (Å²) in [5, 5.41) is 0.647. The lowest BCUT2D eigenvalue weighted by Crippen LogP contribution is -2.01. The number of carbonyl (C=O) groups is 2. The molecule has 2 nitrogen and oxygen atoms in total. The molecule has 0 aliphatic heterocycles. The molecular formula is C10H8Br2O2. The molecule has 1 aromatic rings. The summed E-state index contributed by atoms with van der Waals surface area (Å²) in [7, 11) is 0. The second-order valence-corrected chi connectivity index (χ2v) is 4.37. The molecule has 0 heterocycles. The Kier molecular flexibility index (Phi) is 4.48. The van der Waals surface area contributed by atoms with E-state index >= 15 is 0 Å². The second-order valence-electron chi connectivity index (χ2n) is 2.72. The van der Waals surface area contributed by atoms with Gasteiger partial charge in [0, 0.05) is 27.4 Å². The first kappa shape index (κ1) is 11.6. The molecule has 0 atom stereocenters. The fourth-order valence-electron chi connectivity index (χ4n) is 1.05. The Hall–Kier alpha value is -0.480. The maximum absolute atomic E-state index is 11.5. The Balaban J connectivity index is 2.99. The van der Waals surface area contributed by atoms with E-state index in [0.717, 1.165) is 6.29 Å². The molecule has 0 saturated heterocycles. The minimum absolute atomic E-state index is 0.0613. The first-order valence-corrected chi connectivity index (χ1v) is 5.94. The number of carbonyl (C=O) groups excluding carboxylic acids is 2. The van der Waals surface area contributed by atoms with Crippen molar-refractivity contribution in [3.05, 3.63) is 33.8 Å². The highest BCUT2D eigenvalue weighted by atomic mass is 79.9. The van der Waals surface area contributed by atoms with E-state index in [1.54, 1.807) is 18.2 Å². The van der Waals surface area contributed by atoms with Crippen molar-refractivity contribution in [3.63, 3.8) is 0 Å². The maximum atomic E-state index is 11.5. The van der Waals surface area contributed by atoms with Crippen LogP contribution in [0.5, 0.6) is 0 Å². The fraction of sp³-hybridized carbons (Fsp3) is 0.200. The lowest BCUT2D eigenvalue weighted by molar-refractivity contribution is 0.0988. The van der Waals surface area contributed by atoms with Crippen LogP contribution in [0.2, 0.25) is 0 Å². The monoisotopic (exact) mass is 318 g/mol. The standard InChI is InChI=1S/C10H8Br2O2/c11-4-3-10(14)8-2-1-7(6-13)5-9(8)12/h1-2,5-6H,3-4H2. The van der Waals surface area contributed by atoms with Crippen LogP contribution in [0.3, 0.4) is 0 Å². The SMILES string of the molecule is O=Cc1ccc(C(=O)CCBr)c(Br)c1. The summed E-state index contributed by atoms with van der Waals surface area (Å²) in [5.41, 5.74) is 1.18. The van der Waals surface area contributed by atoms with Crippen LogP contribution in [0, 0.1) is 0 Å². The van der Waals surface area contributed by atoms with Crippen molar-refractivity contribution in [1.82, 2.24) is 0 Å². The molecule has 0 saturated carbocycles. The largest absolute Gasteiger partial charge is 0.298 e. The molecule has 74 valence electrons. The highest BCUT2D eigenvalue weighted by Crippen LogP contribution is 2.19. The van der Waals surface area contributed by atoms with Crippen LogP contribution in [-0.2, 0) is 0 Å². The molecule has 0 aliphatic carbocycles. The normalized spacial score (nSPS) is 9.86. The molecule has 0 unspecified atom stereocenters. The van der Waals surface area contributed by atoms with Crippen LogP contribution < -0.4 is 0 Å². The van der Waals surface area contributed by atoms with E-state index in [0.29, 0.717) is 27.4 Å². The van der Waals surface area contributed by atoms with E-state index < -0.39 is 0 Å². The Morgan fingerprint density at radius 3 is 2.64 bits per heavy atom. The number of hydrogen-bond donors (Lipinski definition) is 0. The second kappa shape index (κ2) is 5.41. The van der Waals surface area contributed by atoms with Crippen LogP contribution in [0.1, 0.15) is 27.1 Å². The van der Waals surface area contributed by atoms with Gasteiger partial charge in [-0.2, -0.15) is 0 Å². The smallest absolute Gasteiger partial charge is 0.164 e. The van der Waals surface area contributed by atoms with Gasteiger partial charge >= 0.3 is 0 Å². The van der Waals surface area contributed by atoms with E-state index in [1.807, 2.05) is 0 Å². The molecule has 0 spiro atoms. The number of aldehydes is 1. The van der Waals surface area contributed by atoms with Gasteiger partial charge in [-0.25, -0.2) is 0 Å². The Bertz CT molecular complexity index is 361. The highest BCUT2D eigenvalue weighted by Gasteiger charge is 2.09. The molecule has 14 heavy (non-hydrogen) atoms. The average molecular weight is 320 g/mol. The van der Waals surface area contributed by atoms with E-state index in [4.69, 9.17) is 0 Å². The lowest BCUT2D eigenvalue weighted by atomic mass is 10.1. The average Bonchev–Trinajstić information content (AvgIpc) is 2.17. The third-order valence-corrected chi connectivity index (χ3v) is 2.80. The molecule has 0 aromatic heterocycles. The number of halogens is 2. The van der Waals surface area contributed by atoms with E-state index in [2.05, 4.69) is 31.9 Å². The van der Waals surface area contributed by atoms with Crippen LogP contribution in [-0.4, -0.2) is 17.4 Å². The first-order valence-electron chi connectivity index (χ1n) is 4.03. The van der Waals surface area contributed by atoms with Gasteiger partial charge in [-0.05, 0) is 12.1 Å². The number of rotatable bonds is 4. The summed E-state index contributed by atoms with van der Waals surface area (Å²) in [6, 6.07) is 4.95. The molecule has 1 aromatic carbocycles. The molecule has 0 fully saturated rings. The summed E-state index contributed by atoms with van der Waals surface area (Å²) in [5.74, 6) is 0.0613. The van der Waals surface area contributed by atoms with Gasteiger partial charge in [0.05, 0.1) is 0 Å². The third kappa shape index (κ3) is 2.75. The number of Topliss-reactive ketones (excluding diaryl/α,β-unsaturated/α-hetero) is 1. The van der Waals surface area contributed by atoms with Crippen molar-refractivity contribution in [1.29, 1.82) is 0 Å². The zero-order chi connectivity index (χ0) is 10.6. The highest BCUT2D eigenvalue weighted by molar-refractivity contribution is 9.10. The van der Waals surface area contributed by atoms with E-state index in [-0.39, 0.29) is 5.78 Å². The van der Waals surface area contributed by atoms with Crippen molar-refractivity contribution < 1.29 is 9.59 Å². The van der Waals surface area contributed by atoms with E-state index in [9.17, 15) is 9.59 Å². The Morgan fingerprint density at radius 2 is 2.14 bits per heavy atom. The summed E-state index contributed by atoms with van der Waals surface area (Å²) >= 11 is 6.47. The van der Waals surface area contributed by atoms with Crippen LogP contribution in [0.4, 0.5) is 0 Å². The zero-order valence-electron chi connectivity index (χ0n) is 7.30. The van der Waals surface area contributed by atoms with Crippen LogP contribution in [0.15, 0.2) is 22.7 Å². The summed E-state index contributed by atoms with van der Waals surface area (Å²) in [6.45, 7) is 0. The number of ketones is 1. The maximum Gasteiger partial charge on any atom is 0.164 e. The van der Waals surface area contributed by atoms with Crippen LogP contribution in [0.25, 0.3) is 0 Å². The van der Waals surface area contributed by atoms with Gasteiger partial charge < -0.3 is 0 Å².